The summed E-state index contributed by atoms with van der Waals surface area (Å²) in [5.41, 5.74) is 3.50. The van der Waals surface area contributed by atoms with Crippen LogP contribution in [-0.2, 0) is 13.1 Å². The average Bonchev–Trinajstić information content (AvgIpc) is 3.04. The van der Waals surface area contributed by atoms with E-state index in [0.717, 1.165) is 31.0 Å². The zero-order valence-electron chi connectivity index (χ0n) is 13.4. The van der Waals surface area contributed by atoms with Crippen molar-refractivity contribution in [3.63, 3.8) is 0 Å². The molecule has 3 aromatic rings. The summed E-state index contributed by atoms with van der Waals surface area (Å²) in [6, 6.07) is 15.0. The van der Waals surface area contributed by atoms with Gasteiger partial charge in [-0.25, -0.2) is 9.07 Å². The summed E-state index contributed by atoms with van der Waals surface area (Å²) >= 11 is 0. The normalized spacial score (nSPS) is 17.7. The standard InChI is InChI=1S/C18H18FN5/c1-13-3-2-4-14(11-13)12-23-9-10-24-18(20-21-22-24)17(23)15-5-7-16(19)8-6-15/h2-8,11,17H,9-10,12H2,1H3. The fourth-order valence-electron chi connectivity index (χ4n) is 3.30. The minimum atomic E-state index is -0.237. The highest BCUT2D eigenvalue weighted by Gasteiger charge is 2.31. The Kier molecular flexibility index (Phi) is 3.82. The molecule has 1 unspecified atom stereocenters. The van der Waals surface area contributed by atoms with Gasteiger partial charge in [-0.3, -0.25) is 4.90 Å². The number of aryl methyl sites for hydroxylation is 1. The Morgan fingerprint density at radius 3 is 2.75 bits per heavy atom. The third kappa shape index (κ3) is 2.80. The molecule has 2 heterocycles. The number of rotatable bonds is 3. The molecule has 0 amide bonds. The van der Waals surface area contributed by atoms with Gasteiger partial charge in [0.05, 0.1) is 12.6 Å². The summed E-state index contributed by atoms with van der Waals surface area (Å²) in [5.74, 6) is 0.569. The second kappa shape index (κ2) is 6.13. The molecule has 0 radical (unpaired) electrons. The van der Waals surface area contributed by atoms with Crippen molar-refractivity contribution in [1.29, 1.82) is 0 Å². The lowest BCUT2D eigenvalue weighted by molar-refractivity contribution is 0.164. The molecule has 6 heteroatoms. The number of tetrazole rings is 1. The van der Waals surface area contributed by atoms with Gasteiger partial charge in [0.2, 0.25) is 0 Å². The first-order valence-electron chi connectivity index (χ1n) is 8.02. The second-order valence-electron chi connectivity index (χ2n) is 6.17. The van der Waals surface area contributed by atoms with Crippen LogP contribution in [0.3, 0.4) is 0 Å². The van der Waals surface area contributed by atoms with Crippen molar-refractivity contribution in [3.05, 3.63) is 76.9 Å². The van der Waals surface area contributed by atoms with Crippen LogP contribution >= 0.6 is 0 Å². The van der Waals surface area contributed by atoms with Crippen molar-refractivity contribution in [2.45, 2.75) is 26.1 Å². The zero-order chi connectivity index (χ0) is 16.5. The molecule has 0 saturated carbocycles. The number of benzene rings is 2. The van der Waals surface area contributed by atoms with Crippen molar-refractivity contribution >= 4 is 0 Å². The number of halogens is 1. The van der Waals surface area contributed by atoms with E-state index in [0.29, 0.717) is 0 Å². The second-order valence-corrected chi connectivity index (χ2v) is 6.17. The Morgan fingerprint density at radius 1 is 1.12 bits per heavy atom. The molecule has 2 aromatic carbocycles. The van der Waals surface area contributed by atoms with E-state index in [1.165, 1.54) is 23.3 Å². The molecule has 0 aliphatic carbocycles. The first-order chi connectivity index (χ1) is 11.7. The van der Waals surface area contributed by atoms with Gasteiger partial charge in [0.25, 0.3) is 0 Å². The Labute approximate surface area is 139 Å². The fourth-order valence-corrected chi connectivity index (χ4v) is 3.30. The van der Waals surface area contributed by atoms with Crippen LogP contribution in [-0.4, -0.2) is 31.7 Å². The molecule has 5 nitrogen and oxygen atoms in total. The largest absolute Gasteiger partial charge is 0.284 e. The van der Waals surface area contributed by atoms with E-state index >= 15 is 0 Å². The molecular formula is C18H18FN5. The maximum atomic E-state index is 13.3. The molecule has 1 atom stereocenters. The first kappa shape index (κ1) is 15.0. The lowest BCUT2D eigenvalue weighted by Gasteiger charge is -2.35. The van der Waals surface area contributed by atoms with Crippen molar-refractivity contribution in [2.75, 3.05) is 6.54 Å². The molecule has 0 N–H and O–H groups in total. The third-order valence-corrected chi connectivity index (χ3v) is 4.42. The number of hydrogen-bond acceptors (Lipinski definition) is 4. The summed E-state index contributed by atoms with van der Waals surface area (Å²) in [7, 11) is 0. The summed E-state index contributed by atoms with van der Waals surface area (Å²) < 4.78 is 15.2. The number of nitrogens with zero attached hydrogens (tertiary/aromatic N) is 5. The summed E-state index contributed by atoms with van der Waals surface area (Å²) in [4.78, 5) is 2.34. The Balaban J connectivity index is 1.71. The molecule has 4 rings (SSSR count). The van der Waals surface area contributed by atoms with Crippen LogP contribution in [0.5, 0.6) is 0 Å². The molecule has 1 aromatic heterocycles. The van der Waals surface area contributed by atoms with E-state index in [-0.39, 0.29) is 11.9 Å². The van der Waals surface area contributed by atoms with E-state index in [1.807, 2.05) is 16.8 Å². The van der Waals surface area contributed by atoms with Gasteiger partial charge in [-0.05, 0) is 40.6 Å². The van der Waals surface area contributed by atoms with Crippen molar-refractivity contribution in [3.8, 4) is 0 Å². The average molecular weight is 323 g/mol. The maximum Gasteiger partial charge on any atom is 0.173 e. The molecular weight excluding hydrogens is 305 g/mol. The third-order valence-electron chi connectivity index (χ3n) is 4.42. The van der Waals surface area contributed by atoms with Crippen molar-refractivity contribution < 1.29 is 4.39 Å². The quantitative estimate of drug-likeness (QED) is 0.743. The smallest absolute Gasteiger partial charge is 0.173 e. The highest BCUT2D eigenvalue weighted by atomic mass is 19.1. The van der Waals surface area contributed by atoms with Crippen LogP contribution in [0.15, 0.2) is 48.5 Å². The SMILES string of the molecule is Cc1cccc(CN2CCn3nnnc3C2c2ccc(F)cc2)c1. The van der Waals surface area contributed by atoms with Gasteiger partial charge in [-0.1, -0.05) is 42.0 Å². The predicted molar refractivity (Wildman–Crippen MR) is 87.6 cm³/mol. The topological polar surface area (TPSA) is 46.8 Å². The molecule has 0 fully saturated rings. The lowest BCUT2D eigenvalue weighted by atomic mass is 10.0. The highest BCUT2D eigenvalue weighted by Crippen LogP contribution is 2.31. The minimum absolute atomic E-state index is 0.0742. The number of fused-ring (bicyclic) bond motifs is 1. The van der Waals surface area contributed by atoms with Crippen LogP contribution in [0, 0.1) is 12.7 Å². The van der Waals surface area contributed by atoms with Gasteiger partial charge in [0.15, 0.2) is 5.82 Å². The monoisotopic (exact) mass is 323 g/mol. The van der Waals surface area contributed by atoms with Crippen LogP contribution in [0.2, 0.25) is 0 Å². The van der Waals surface area contributed by atoms with Gasteiger partial charge in [0, 0.05) is 13.1 Å². The van der Waals surface area contributed by atoms with E-state index in [1.54, 1.807) is 0 Å². The molecule has 122 valence electrons. The predicted octanol–water partition coefficient (Wildman–Crippen LogP) is 2.73. The van der Waals surface area contributed by atoms with E-state index in [4.69, 9.17) is 0 Å². The lowest BCUT2D eigenvalue weighted by Crippen LogP contribution is -2.39. The maximum absolute atomic E-state index is 13.3. The number of aromatic nitrogens is 4. The molecule has 1 aliphatic heterocycles. The Bertz CT molecular complexity index is 843. The van der Waals surface area contributed by atoms with Crippen LogP contribution in [0.4, 0.5) is 4.39 Å². The van der Waals surface area contributed by atoms with Gasteiger partial charge < -0.3 is 0 Å². The van der Waals surface area contributed by atoms with Gasteiger partial charge >= 0.3 is 0 Å². The Hall–Kier alpha value is -2.60. The van der Waals surface area contributed by atoms with Gasteiger partial charge in [-0.2, -0.15) is 0 Å². The van der Waals surface area contributed by atoms with Crippen LogP contribution in [0.25, 0.3) is 0 Å². The fraction of sp³-hybridized carbons (Fsp3) is 0.278. The van der Waals surface area contributed by atoms with E-state index in [2.05, 4.69) is 51.6 Å². The molecule has 1 aliphatic rings. The Morgan fingerprint density at radius 2 is 1.96 bits per heavy atom. The molecule has 0 saturated heterocycles. The van der Waals surface area contributed by atoms with Crippen molar-refractivity contribution in [1.82, 2.24) is 25.1 Å². The number of hydrogen-bond donors (Lipinski definition) is 0. The van der Waals surface area contributed by atoms with E-state index in [9.17, 15) is 4.39 Å². The van der Waals surface area contributed by atoms with Crippen molar-refractivity contribution in [2.24, 2.45) is 0 Å². The summed E-state index contributed by atoms with van der Waals surface area (Å²) in [6.45, 7) is 4.49. The summed E-state index contributed by atoms with van der Waals surface area (Å²) in [5, 5.41) is 12.1. The van der Waals surface area contributed by atoms with Crippen LogP contribution in [0.1, 0.15) is 28.6 Å². The van der Waals surface area contributed by atoms with Gasteiger partial charge in [-0.15, -0.1) is 5.10 Å². The minimum Gasteiger partial charge on any atom is -0.284 e. The molecule has 0 bridgehead atoms. The zero-order valence-corrected chi connectivity index (χ0v) is 13.4. The summed E-state index contributed by atoms with van der Waals surface area (Å²) in [6.07, 6.45) is 0. The molecule has 24 heavy (non-hydrogen) atoms. The van der Waals surface area contributed by atoms with E-state index < -0.39 is 0 Å². The first-order valence-corrected chi connectivity index (χ1v) is 8.02. The van der Waals surface area contributed by atoms with Gasteiger partial charge in [0.1, 0.15) is 5.82 Å². The highest BCUT2D eigenvalue weighted by molar-refractivity contribution is 5.28. The van der Waals surface area contributed by atoms with Crippen LogP contribution < -0.4 is 0 Å². The molecule has 0 spiro atoms.